The molecule has 2 aliphatic rings. The Morgan fingerprint density at radius 1 is 1.16 bits per heavy atom. The molecule has 0 aromatic rings. The fraction of sp³-hybridized carbons (Fsp3) is 0.889. The van der Waals surface area contributed by atoms with E-state index in [1.54, 1.807) is 4.90 Å². The monoisotopic (exact) mass is 353 g/mol. The third-order valence-electron chi connectivity index (χ3n) is 4.68. The number of piperazine rings is 1. The number of nitrogens with two attached hydrogens (primary N) is 1. The molecule has 1 amide bonds. The summed E-state index contributed by atoms with van der Waals surface area (Å²) in [5, 5.41) is 3.34. The van der Waals surface area contributed by atoms with Crippen LogP contribution in [-0.4, -0.2) is 72.8 Å². The molecular weight excluding hydrogens is 318 g/mol. The van der Waals surface area contributed by atoms with Gasteiger partial charge >= 0.3 is 6.09 Å². The van der Waals surface area contributed by atoms with Crippen LogP contribution < -0.4 is 11.1 Å². The van der Waals surface area contributed by atoms with Gasteiger partial charge in [0.15, 0.2) is 5.96 Å². The average Bonchev–Trinajstić information content (AvgIpc) is 2.55. The van der Waals surface area contributed by atoms with Gasteiger partial charge in [0.05, 0.1) is 6.54 Å². The molecule has 25 heavy (non-hydrogen) atoms. The number of carbonyl (C=O) groups excluding carboxylic acids is 1. The van der Waals surface area contributed by atoms with Gasteiger partial charge < -0.3 is 20.7 Å². The number of carbonyl (C=O) groups is 1. The Hall–Kier alpha value is -1.50. The zero-order valence-electron chi connectivity index (χ0n) is 16.1. The highest BCUT2D eigenvalue weighted by Gasteiger charge is 2.25. The van der Waals surface area contributed by atoms with Gasteiger partial charge in [-0.05, 0) is 33.6 Å². The van der Waals surface area contributed by atoms with Crippen molar-refractivity contribution in [1.29, 1.82) is 0 Å². The highest BCUT2D eigenvalue weighted by Crippen LogP contribution is 2.17. The molecule has 1 heterocycles. The maximum Gasteiger partial charge on any atom is 0.410 e. The Morgan fingerprint density at radius 3 is 2.40 bits per heavy atom. The van der Waals surface area contributed by atoms with Gasteiger partial charge in [-0.15, -0.1) is 0 Å². The van der Waals surface area contributed by atoms with Crippen LogP contribution in [0.25, 0.3) is 0 Å². The molecule has 0 aromatic heterocycles. The maximum atomic E-state index is 12.1. The van der Waals surface area contributed by atoms with E-state index >= 15 is 0 Å². The number of hydrogen-bond acceptors (Lipinski definition) is 4. The van der Waals surface area contributed by atoms with Gasteiger partial charge in [-0.3, -0.25) is 9.89 Å². The van der Waals surface area contributed by atoms with Crippen molar-refractivity contribution < 1.29 is 9.53 Å². The molecule has 0 bridgehead atoms. The van der Waals surface area contributed by atoms with Gasteiger partial charge in [-0.25, -0.2) is 4.79 Å². The third kappa shape index (κ3) is 7.50. The van der Waals surface area contributed by atoms with E-state index in [0.717, 1.165) is 19.6 Å². The number of nitrogens with zero attached hydrogens (tertiary/aromatic N) is 3. The first-order valence-corrected chi connectivity index (χ1v) is 9.60. The van der Waals surface area contributed by atoms with Crippen molar-refractivity contribution in [1.82, 2.24) is 15.1 Å². The summed E-state index contributed by atoms with van der Waals surface area (Å²) in [4.78, 5) is 20.6. The van der Waals surface area contributed by atoms with Crippen LogP contribution in [0.15, 0.2) is 4.99 Å². The van der Waals surface area contributed by atoms with Crippen LogP contribution in [0.5, 0.6) is 0 Å². The van der Waals surface area contributed by atoms with Crippen molar-refractivity contribution in [2.24, 2.45) is 10.7 Å². The molecule has 2 rings (SSSR count). The fourth-order valence-electron chi connectivity index (χ4n) is 3.29. The zero-order valence-corrected chi connectivity index (χ0v) is 16.1. The number of guanidine groups is 1. The zero-order chi connectivity index (χ0) is 18.3. The summed E-state index contributed by atoms with van der Waals surface area (Å²) in [7, 11) is 0. The third-order valence-corrected chi connectivity index (χ3v) is 4.68. The van der Waals surface area contributed by atoms with Gasteiger partial charge in [0.1, 0.15) is 5.60 Å². The second-order valence-corrected chi connectivity index (χ2v) is 8.06. The highest BCUT2D eigenvalue weighted by molar-refractivity contribution is 5.78. The molecule has 0 aromatic carbocycles. The molecule has 0 radical (unpaired) electrons. The summed E-state index contributed by atoms with van der Waals surface area (Å²) in [6.07, 6.45) is 6.08. The van der Waals surface area contributed by atoms with Crippen molar-refractivity contribution in [3.05, 3.63) is 0 Å². The van der Waals surface area contributed by atoms with Crippen LogP contribution in [-0.2, 0) is 4.74 Å². The quantitative estimate of drug-likeness (QED) is 0.594. The summed E-state index contributed by atoms with van der Waals surface area (Å²) in [5.74, 6) is 0.569. The van der Waals surface area contributed by atoms with E-state index < -0.39 is 5.60 Å². The summed E-state index contributed by atoms with van der Waals surface area (Å²) >= 11 is 0. The van der Waals surface area contributed by atoms with E-state index in [-0.39, 0.29) is 6.09 Å². The standard InChI is InChI=1S/C18H35N5O2/c1-18(2,3)25-17(24)23-13-11-22(12-14-23)10-9-20-16(19)21-15-7-5-4-6-8-15/h15H,4-14H2,1-3H3,(H3,19,20,21). The van der Waals surface area contributed by atoms with Crippen LogP contribution in [0.1, 0.15) is 52.9 Å². The molecule has 0 atom stereocenters. The van der Waals surface area contributed by atoms with Crippen LogP contribution >= 0.6 is 0 Å². The lowest BCUT2D eigenvalue weighted by atomic mass is 9.96. The smallest absolute Gasteiger partial charge is 0.410 e. The molecule has 1 aliphatic carbocycles. The molecule has 1 saturated heterocycles. The maximum absolute atomic E-state index is 12.1. The predicted octanol–water partition coefficient (Wildman–Crippen LogP) is 1.78. The van der Waals surface area contributed by atoms with Crippen LogP contribution in [0, 0.1) is 0 Å². The second kappa shape index (κ2) is 9.27. The first kappa shape index (κ1) is 19.8. The fourth-order valence-corrected chi connectivity index (χ4v) is 3.29. The first-order chi connectivity index (χ1) is 11.8. The average molecular weight is 354 g/mol. The van der Waals surface area contributed by atoms with Crippen LogP contribution in [0.2, 0.25) is 0 Å². The molecule has 1 saturated carbocycles. The van der Waals surface area contributed by atoms with Crippen molar-refractivity contribution >= 4 is 12.1 Å². The number of ether oxygens (including phenoxy) is 1. The van der Waals surface area contributed by atoms with E-state index in [1.807, 2.05) is 20.8 Å². The van der Waals surface area contributed by atoms with Gasteiger partial charge in [0, 0.05) is 38.8 Å². The van der Waals surface area contributed by atoms with E-state index in [4.69, 9.17) is 10.5 Å². The Bertz CT molecular complexity index is 447. The summed E-state index contributed by atoms with van der Waals surface area (Å²) in [5.41, 5.74) is 5.55. The Kier molecular flexibility index (Phi) is 7.35. The Balaban J connectivity index is 1.63. The number of nitrogens with one attached hydrogen (secondary N) is 1. The van der Waals surface area contributed by atoms with Gasteiger partial charge in [-0.2, -0.15) is 0 Å². The largest absolute Gasteiger partial charge is 0.444 e. The van der Waals surface area contributed by atoms with Crippen molar-refractivity contribution in [3.8, 4) is 0 Å². The molecule has 2 fully saturated rings. The molecule has 7 nitrogen and oxygen atoms in total. The summed E-state index contributed by atoms with van der Waals surface area (Å²) in [6.45, 7) is 10.4. The Labute approximate surface area is 152 Å². The van der Waals surface area contributed by atoms with E-state index in [0.29, 0.717) is 31.6 Å². The van der Waals surface area contributed by atoms with Gasteiger partial charge in [0.25, 0.3) is 0 Å². The van der Waals surface area contributed by atoms with Crippen molar-refractivity contribution in [3.63, 3.8) is 0 Å². The second-order valence-electron chi connectivity index (χ2n) is 8.06. The molecule has 3 N–H and O–H groups in total. The molecular formula is C18H35N5O2. The molecule has 0 unspecified atom stereocenters. The van der Waals surface area contributed by atoms with Gasteiger partial charge in [-0.1, -0.05) is 19.3 Å². The molecule has 7 heteroatoms. The topological polar surface area (TPSA) is 83.2 Å². The van der Waals surface area contributed by atoms with Crippen LogP contribution in [0.3, 0.4) is 0 Å². The summed E-state index contributed by atoms with van der Waals surface area (Å²) in [6, 6.07) is 0.495. The summed E-state index contributed by atoms with van der Waals surface area (Å²) < 4.78 is 5.42. The van der Waals surface area contributed by atoms with Crippen molar-refractivity contribution in [2.75, 3.05) is 39.3 Å². The molecule has 1 aliphatic heterocycles. The van der Waals surface area contributed by atoms with E-state index in [2.05, 4.69) is 15.2 Å². The van der Waals surface area contributed by atoms with Crippen LogP contribution in [0.4, 0.5) is 4.79 Å². The first-order valence-electron chi connectivity index (χ1n) is 9.60. The Morgan fingerprint density at radius 2 is 1.80 bits per heavy atom. The number of aliphatic imine (C=N–C) groups is 1. The lowest BCUT2D eigenvalue weighted by Gasteiger charge is -2.35. The lowest BCUT2D eigenvalue weighted by molar-refractivity contribution is 0.0148. The number of amides is 1. The van der Waals surface area contributed by atoms with E-state index in [9.17, 15) is 4.79 Å². The van der Waals surface area contributed by atoms with Gasteiger partial charge in [0.2, 0.25) is 0 Å². The minimum Gasteiger partial charge on any atom is -0.444 e. The molecule has 144 valence electrons. The minimum atomic E-state index is -0.439. The highest BCUT2D eigenvalue weighted by atomic mass is 16.6. The predicted molar refractivity (Wildman–Crippen MR) is 101 cm³/mol. The lowest BCUT2D eigenvalue weighted by Crippen LogP contribution is -2.50. The molecule has 0 spiro atoms. The normalized spacial score (nSPS) is 21.2. The van der Waals surface area contributed by atoms with Crippen molar-refractivity contribution in [2.45, 2.75) is 64.5 Å². The minimum absolute atomic E-state index is 0.217. The number of hydrogen-bond donors (Lipinski definition) is 2. The SMILES string of the molecule is CC(C)(C)OC(=O)N1CCN(CCN=C(N)NC2CCCCC2)CC1. The number of rotatable bonds is 4. The van der Waals surface area contributed by atoms with E-state index in [1.165, 1.54) is 32.1 Å².